The lowest BCUT2D eigenvalue weighted by atomic mass is 10.2. The van der Waals surface area contributed by atoms with Gasteiger partial charge in [0, 0.05) is 17.8 Å². The van der Waals surface area contributed by atoms with E-state index in [0.717, 1.165) is 10.9 Å². The molecule has 1 atom stereocenters. The van der Waals surface area contributed by atoms with Crippen LogP contribution >= 0.6 is 0 Å². The van der Waals surface area contributed by atoms with Gasteiger partial charge in [-0.1, -0.05) is 18.2 Å². The zero-order valence-corrected chi connectivity index (χ0v) is 10.3. The van der Waals surface area contributed by atoms with Crippen molar-refractivity contribution in [2.45, 2.75) is 13.0 Å². The van der Waals surface area contributed by atoms with Crippen LogP contribution in [0.3, 0.4) is 0 Å². The second-order valence-corrected chi connectivity index (χ2v) is 4.29. The van der Waals surface area contributed by atoms with Crippen molar-refractivity contribution in [3.63, 3.8) is 0 Å². The molecule has 0 spiro atoms. The van der Waals surface area contributed by atoms with Crippen LogP contribution in [0.2, 0.25) is 0 Å². The summed E-state index contributed by atoms with van der Waals surface area (Å²) in [7, 11) is 0. The van der Waals surface area contributed by atoms with Crippen molar-refractivity contribution < 1.29 is 4.79 Å². The number of carbonyl (C=O) groups excluding carboxylic acids is 1. The van der Waals surface area contributed by atoms with E-state index in [1.54, 1.807) is 12.4 Å². The van der Waals surface area contributed by atoms with Gasteiger partial charge in [-0.2, -0.15) is 5.10 Å². The van der Waals surface area contributed by atoms with E-state index >= 15 is 0 Å². The van der Waals surface area contributed by atoms with Crippen LogP contribution < -0.4 is 5.32 Å². The number of aromatic nitrogens is 4. The third-order valence-electron chi connectivity index (χ3n) is 2.96. The van der Waals surface area contributed by atoms with Crippen LogP contribution in [0.15, 0.2) is 36.7 Å². The number of nitrogens with one attached hydrogen (secondary N) is 3. The minimum Gasteiger partial charge on any atom is -0.347 e. The van der Waals surface area contributed by atoms with E-state index in [0.29, 0.717) is 11.5 Å². The Morgan fingerprint density at radius 3 is 3.00 bits per heavy atom. The third kappa shape index (κ3) is 2.08. The van der Waals surface area contributed by atoms with E-state index in [1.165, 1.54) is 0 Å². The minimum atomic E-state index is -0.221. The first-order valence-corrected chi connectivity index (χ1v) is 5.99. The highest BCUT2D eigenvalue weighted by Crippen LogP contribution is 2.16. The maximum atomic E-state index is 12.2. The topological polar surface area (TPSA) is 86.5 Å². The fraction of sp³-hybridized carbons (Fsp3) is 0.154. The molecule has 0 aliphatic carbocycles. The molecule has 6 nitrogen and oxygen atoms in total. The Bertz CT molecular complexity index is 701. The number of nitrogens with zero attached hydrogens (tertiary/aromatic N) is 2. The fourth-order valence-electron chi connectivity index (χ4n) is 1.98. The molecule has 0 aliphatic rings. The number of benzene rings is 1. The highest BCUT2D eigenvalue weighted by Gasteiger charge is 2.17. The number of carbonyl (C=O) groups is 1. The molecule has 96 valence electrons. The number of rotatable bonds is 3. The van der Waals surface area contributed by atoms with Gasteiger partial charge in [0.25, 0.3) is 5.91 Å². The molecule has 1 amide bonds. The van der Waals surface area contributed by atoms with Gasteiger partial charge in [0.1, 0.15) is 5.82 Å². The fourth-order valence-corrected chi connectivity index (χ4v) is 1.98. The molecule has 1 aromatic carbocycles. The average Bonchev–Trinajstić information content (AvgIpc) is 3.08. The molecule has 2 aromatic heterocycles. The van der Waals surface area contributed by atoms with Gasteiger partial charge in [-0.15, -0.1) is 0 Å². The lowest BCUT2D eigenvalue weighted by Crippen LogP contribution is -2.27. The van der Waals surface area contributed by atoms with Gasteiger partial charge in [0.15, 0.2) is 5.69 Å². The van der Waals surface area contributed by atoms with Crippen LogP contribution in [0.5, 0.6) is 0 Å². The van der Waals surface area contributed by atoms with Crippen molar-refractivity contribution >= 4 is 16.8 Å². The minimum absolute atomic E-state index is 0.196. The number of H-pyrrole nitrogens is 2. The Morgan fingerprint density at radius 2 is 2.21 bits per heavy atom. The van der Waals surface area contributed by atoms with E-state index in [1.807, 2.05) is 31.2 Å². The zero-order valence-electron chi connectivity index (χ0n) is 10.3. The molecular weight excluding hydrogens is 242 g/mol. The lowest BCUT2D eigenvalue weighted by Gasteiger charge is -2.10. The second kappa shape index (κ2) is 4.56. The highest BCUT2D eigenvalue weighted by atomic mass is 16.2. The number of aromatic amines is 2. The standard InChI is InChI=1S/C13H13N5O/c1-8(12-14-6-7-15-12)16-13(19)11-9-4-2-3-5-10(9)17-18-11/h2-8H,1H3,(H,14,15)(H,16,19)(H,17,18). The van der Waals surface area contributed by atoms with Crippen molar-refractivity contribution in [3.05, 3.63) is 48.2 Å². The van der Waals surface area contributed by atoms with E-state index in [4.69, 9.17) is 0 Å². The van der Waals surface area contributed by atoms with Gasteiger partial charge in [-0.25, -0.2) is 4.98 Å². The molecule has 0 bridgehead atoms. The quantitative estimate of drug-likeness (QED) is 0.666. The molecule has 0 saturated carbocycles. The van der Waals surface area contributed by atoms with Crippen LogP contribution in [0.25, 0.3) is 10.9 Å². The smallest absolute Gasteiger partial charge is 0.273 e. The number of hydrogen-bond donors (Lipinski definition) is 3. The molecular formula is C13H13N5O. The molecule has 3 N–H and O–H groups in total. The molecule has 6 heteroatoms. The number of para-hydroxylation sites is 1. The van der Waals surface area contributed by atoms with E-state index < -0.39 is 0 Å². The summed E-state index contributed by atoms with van der Waals surface area (Å²) in [5.74, 6) is 0.495. The van der Waals surface area contributed by atoms with E-state index in [2.05, 4.69) is 25.5 Å². The summed E-state index contributed by atoms with van der Waals surface area (Å²) in [4.78, 5) is 19.3. The van der Waals surface area contributed by atoms with Crippen LogP contribution in [0.1, 0.15) is 29.3 Å². The summed E-state index contributed by atoms with van der Waals surface area (Å²) in [6.07, 6.45) is 3.38. The highest BCUT2D eigenvalue weighted by molar-refractivity contribution is 6.04. The first-order chi connectivity index (χ1) is 9.25. The Balaban J connectivity index is 1.84. The Hall–Kier alpha value is -2.63. The summed E-state index contributed by atoms with van der Waals surface area (Å²) in [5.41, 5.74) is 1.24. The van der Waals surface area contributed by atoms with Gasteiger partial charge in [0.05, 0.1) is 11.6 Å². The SMILES string of the molecule is CC(NC(=O)c1n[nH]c2ccccc12)c1ncc[nH]1. The second-order valence-electron chi connectivity index (χ2n) is 4.29. The largest absolute Gasteiger partial charge is 0.347 e. The van der Waals surface area contributed by atoms with Crippen molar-refractivity contribution in [1.82, 2.24) is 25.5 Å². The Morgan fingerprint density at radius 1 is 1.37 bits per heavy atom. The molecule has 3 rings (SSSR count). The molecule has 19 heavy (non-hydrogen) atoms. The molecule has 0 aliphatic heterocycles. The van der Waals surface area contributed by atoms with Gasteiger partial charge in [0.2, 0.25) is 0 Å². The lowest BCUT2D eigenvalue weighted by molar-refractivity contribution is 0.0935. The summed E-state index contributed by atoms with van der Waals surface area (Å²) in [6, 6.07) is 7.33. The van der Waals surface area contributed by atoms with Crippen molar-refractivity contribution in [2.24, 2.45) is 0 Å². The van der Waals surface area contributed by atoms with Gasteiger partial charge in [-0.05, 0) is 13.0 Å². The number of imidazole rings is 1. The molecule has 2 heterocycles. The summed E-state index contributed by atoms with van der Waals surface area (Å²) in [5, 5.41) is 10.6. The number of fused-ring (bicyclic) bond motifs is 1. The predicted octanol–water partition coefficient (Wildman–Crippen LogP) is 1.78. The molecule has 0 radical (unpaired) electrons. The number of hydrogen-bond acceptors (Lipinski definition) is 3. The monoisotopic (exact) mass is 255 g/mol. The van der Waals surface area contributed by atoms with Crippen molar-refractivity contribution in [2.75, 3.05) is 0 Å². The van der Waals surface area contributed by atoms with E-state index in [-0.39, 0.29) is 11.9 Å². The Kier molecular flexibility index (Phi) is 2.75. The maximum absolute atomic E-state index is 12.2. The predicted molar refractivity (Wildman–Crippen MR) is 70.6 cm³/mol. The first-order valence-electron chi connectivity index (χ1n) is 5.99. The summed E-state index contributed by atoms with van der Waals surface area (Å²) < 4.78 is 0. The van der Waals surface area contributed by atoms with E-state index in [9.17, 15) is 4.79 Å². The van der Waals surface area contributed by atoms with Gasteiger partial charge >= 0.3 is 0 Å². The third-order valence-corrected chi connectivity index (χ3v) is 2.96. The molecule has 0 fully saturated rings. The summed E-state index contributed by atoms with van der Waals surface area (Å²) in [6.45, 7) is 1.87. The van der Waals surface area contributed by atoms with Crippen LogP contribution in [-0.4, -0.2) is 26.1 Å². The van der Waals surface area contributed by atoms with Crippen molar-refractivity contribution in [3.8, 4) is 0 Å². The molecule has 0 saturated heterocycles. The zero-order chi connectivity index (χ0) is 13.2. The Labute approximate surface area is 109 Å². The van der Waals surface area contributed by atoms with Crippen LogP contribution in [-0.2, 0) is 0 Å². The molecule has 1 unspecified atom stereocenters. The molecule has 3 aromatic rings. The average molecular weight is 255 g/mol. The van der Waals surface area contributed by atoms with Crippen LogP contribution in [0, 0.1) is 0 Å². The van der Waals surface area contributed by atoms with Crippen molar-refractivity contribution in [1.29, 1.82) is 0 Å². The number of amides is 1. The first kappa shape index (κ1) is 11.5. The maximum Gasteiger partial charge on any atom is 0.273 e. The normalized spacial score (nSPS) is 12.5. The van der Waals surface area contributed by atoms with Gasteiger partial charge in [-0.3, -0.25) is 9.89 Å². The van der Waals surface area contributed by atoms with Gasteiger partial charge < -0.3 is 10.3 Å². The van der Waals surface area contributed by atoms with Crippen LogP contribution in [0.4, 0.5) is 0 Å². The summed E-state index contributed by atoms with van der Waals surface area (Å²) >= 11 is 0.